The number of aryl methyl sites for hydroxylation is 1. The highest BCUT2D eigenvalue weighted by molar-refractivity contribution is 6.17. The number of benzene rings is 1. The molecule has 19 heavy (non-hydrogen) atoms. The fraction of sp³-hybridized carbons (Fsp3) is 0.571. The second-order valence-electron chi connectivity index (χ2n) is 4.23. The normalized spacial score (nSPS) is 12.3. The lowest BCUT2D eigenvalue weighted by Crippen LogP contribution is -2.06. The van der Waals surface area contributed by atoms with Crippen molar-refractivity contribution in [2.24, 2.45) is 0 Å². The second kappa shape index (κ2) is 8.25. The molecule has 1 aromatic carbocycles. The van der Waals surface area contributed by atoms with Crippen LogP contribution in [0.15, 0.2) is 12.1 Å². The Labute approximate surface area is 118 Å². The van der Waals surface area contributed by atoms with Gasteiger partial charge in [-0.1, -0.05) is 0 Å². The van der Waals surface area contributed by atoms with Gasteiger partial charge in [-0.05, 0) is 42.5 Å². The number of aliphatic hydroxyl groups excluding tert-OH is 2. The van der Waals surface area contributed by atoms with Crippen LogP contribution < -0.4 is 9.47 Å². The van der Waals surface area contributed by atoms with Crippen LogP contribution in [0.25, 0.3) is 0 Å². The van der Waals surface area contributed by atoms with Crippen molar-refractivity contribution in [2.45, 2.75) is 25.4 Å². The number of ether oxygens (including phenoxy) is 2. The molecule has 1 unspecified atom stereocenters. The summed E-state index contributed by atoms with van der Waals surface area (Å²) in [5, 5.41) is 19.1. The lowest BCUT2D eigenvalue weighted by atomic mass is 9.96. The Hall–Kier alpha value is -0.970. The van der Waals surface area contributed by atoms with E-state index in [0.29, 0.717) is 36.6 Å². The van der Waals surface area contributed by atoms with Crippen LogP contribution >= 0.6 is 11.6 Å². The fourth-order valence-electron chi connectivity index (χ4n) is 1.99. The van der Waals surface area contributed by atoms with Crippen molar-refractivity contribution in [1.29, 1.82) is 0 Å². The summed E-state index contributed by atoms with van der Waals surface area (Å²) in [5.74, 6) is 1.59. The van der Waals surface area contributed by atoms with Crippen LogP contribution in [0.4, 0.5) is 0 Å². The zero-order valence-electron chi connectivity index (χ0n) is 11.4. The first kappa shape index (κ1) is 16.1. The predicted octanol–water partition coefficient (Wildman–Crippen LogP) is 2.29. The first-order chi connectivity index (χ1) is 9.17. The lowest BCUT2D eigenvalue weighted by molar-refractivity contribution is 0.172. The number of rotatable bonds is 8. The molecule has 0 saturated carbocycles. The first-order valence-corrected chi connectivity index (χ1v) is 6.81. The fourth-order valence-corrected chi connectivity index (χ4v) is 2.20. The quantitative estimate of drug-likeness (QED) is 0.721. The number of hydrogen-bond donors (Lipinski definition) is 2. The van der Waals surface area contributed by atoms with E-state index in [-0.39, 0.29) is 6.61 Å². The summed E-state index contributed by atoms with van der Waals surface area (Å²) >= 11 is 5.68. The van der Waals surface area contributed by atoms with Gasteiger partial charge in [0.2, 0.25) is 0 Å². The predicted molar refractivity (Wildman–Crippen MR) is 75.2 cm³/mol. The third-order valence-electron chi connectivity index (χ3n) is 2.99. The summed E-state index contributed by atoms with van der Waals surface area (Å²) in [6, 6.07) is 3.63. The molecule has 0 fully saturated rings. The van der Waals surface area contributed by atoms with Crippen molar-refractivity contribution >= 4 is 11.6 Å². The molecular formula is C14H21ClO4. The summed E-state index contributed by atoms with van der Waals surface area (Å²) in [4.78, 5) is 0. The van der Waals surface area contributed by atoms with Crippen LogP contribution in [0.2, 0.25) is 0 Å². The average Bonchev–Trinajstić information content (AvgIpc) is 2.44. The van der Waals surface area contributed by atoms with Gasteiger partial charge in [0, 0.05) is 12.5 Å². The Morgan fingerprint density at radius 1 is 1.21 bits per heavy atom. The maximum Gasteiger partial charge on any atom is 0.161 e. The van der Waals surface area contributed by atoms with Crippen LogP contribution in [0.3, 0.4) is 0 Å². The molecule has 108 valence electrons. The van der Waals surface area contributed by atoms with Gasteiger partial charge in [0.15, 0.2) is 11.5 Å². The summed E-state index contributed by atoms with van der Waals surface area (Å²) in [7, 11) is 3.13. The lowest BCUT2D eigenvalue weighted by Gasteiger charge is -2.18. The number of hydrogen-bond acceptors (Lipinski definition) is 4. The second-order valence-corrected chi connectivity index (χ2v) is 4.60. The van der Waals surface area contributed by atoms with Crippen LogP contribution in [-0.4, -0.2) is 36.9 Å². The minimum Gasteiger partial charge on any atom is -0.493 e. The molecule has 5 heteroatoms. The summed E-state index contributed by atoms with van der Waals surface area (Å²) in [6.07, 6.45) is 1.15. The van der Waals surface area contributed by atoms with E-state index in [9.17, 15) is 5.11 Å². The van der Waals surface area contributed by atoms with Gasteiger partial charge >= 0.3 is 0 Å². The van der Waals surface area contributed by atoms with Gasteiger partial charge in [0.25, 0.3) is 0 Å². The number of halogens is 1. The van der Waals surface area contributed by atoms with Gasteiger partial charge in [0.05, 0.1) is 20.3 Å². The van der Waals surface area contributed by atoms with E-state index in [1.165, 1.54) is 0 Å². The molecule has 0 aliphatic carbocycles. The van der Waals surface area contributed by atoms with Crippen molar-refractivity contribution in [3.63, 3.8) is 0 Å². The maximum atomic E-state index is 10.1. The van der Waals surface area contributed by atoms with Crippen LogP contribution in [0.5, 0.6) is 11.5 Å². The Kier molecular flexibility index (Phi) is 6.99. The van der Waals surface area contributed by atoms with E-state index in [0.717, 1.165) is 11.1 Å². The molecule has 0 bridgehead atoms. The number of alkyl halides is 1. The van der Waals surface area contributed by atoms with Crippen molar-refractivity contribution in [3.8, 4) is 11.5 Å². The van der Waals surface area contributed by atoms with Gasteiger partial charge < -0.3 is 19.7 Å². The minimum atomic E-state index is -0.633. The summed E-state index contributed by atoms with van der Waals surface area (Å²) in [6.45, 7) is 0.111. The Bertz CT molecular complexity index is 395. The van der Waals surface area contributed by atoms with E-state index in [4.69, 9.17) is 26.2 Å². The maximum absolute atomic E-state index is 10.1. The van der Waals surface area contributed by atoms with E-state index >= 15 is 0 Å². The highest BCUT2D eigenvalue weighted by atomic mass is 35.5. The van der Waals surface area contributed by atoms with Crippen LogP contribution in [0, 0.1) is 0 Å². The zero-order valence-corrected chi connectivity index (χ0v) is 12.1. The summed E-state index contributed by atoms with van der Waals surface area (Å²) < 4.78 is 10.5. The largest absolute Gasteiger partial charge is 0.493 e. The number of methoxy groups -OCH3 is 2. The molecule has 0 saturated heterocycles. The molecule has 1 rings (SSSR count). The molecule has 0 radical (unpaired) electrons. The van der Waals surface area contributed by atoms with Gasteiger partial charge in [-0.15, -0.1) is 11.6 Å². The standard InChI is InChI=1S/C14H21ClO4/c1-18-13-8-10(4-3-7-16)11(9-14(13)19-2)12(17)5-6-15/h8-9,12,16-17H,3-7H2,1-2H3. The molecule has 1 atom stereocenters. The van der Waals surface area contributed by atoms with Gasteiger partial charge in [-0.2, -0.15) is 0 Å². The Balaban J connectivity index is 3.14. The minimum absolute atomic E-state index is 0.111. The first-order valence-electron chi connectivity index (χ1n) is 6.27. The third-order valence-corrected chi connectivity index (χ3v) is 3.21. The highest BCUT2D eigenvalue weighted by Crippen LogP contribution is 2.34. The average molecular weight is 289 g/mol. The molecule has 0 amide bonds. The van der Waals surface area contributed by atoms with E-state index in [1.807, 2.05) is 6.07 Å². The van der Waals surface area contributed by atoms with Crippen molar-refractivity contribution in [2.75, 3.05) is 26.7 Å². The smallest absolute Gasteiger partial charge is 0.161 e. The molecule has 1 aromatic rings. The monoisotopic (exact) mass is 288 g/mol. The number of aliphatic hydroxyl groups is 2. The van der Waals surface area contributed by atoms with E-state index in [2.05, 4.69) is 0 Å². The molecule has 0 heterocycles. The molecule has 4 nitrogen and oxygen atoms in total. The highest BCUT2D eigenvalue weighted by Gasteiger charge is 2.16. The van der Waals surface area contributed by atoms with Gasteiger partial charge in [-0.3, -0.25) is 0 Å². The Morgan fingerprint density at radius 2 is 1.84 bits per heavy atom. The van der Waals surface area contributed by atoms with Crippen LogP contribution in [-0.2, 0) is 6.42 Å². The van der Waals surface area contributed by atoms with Gasteiger partial charge in [-0.25, -0.2) is 0 Å². The van der Waals surface area contributed by atoms with Gasteiger partial charge in [0.1, 0.15) is 0 Å². The molecule has 0 aliphatic rings. The topological polar surface area (TPSA) is 58.9 Å². The molecule has 0 aliphatic heterocycles. The van der Waals surface area contributed by atoms with Crippen molar-refractivity contribution < 1.29 is 19.7 Å². The molecular weight excluding hydrogens is 268 g/mol. The SMILES string of the molecule is COc1cc(CCCO)c(C(O)CCCl)cc1OC. The van der Waals surface area contributed by atoms with E-state index in [1.54, 1.807) is 20.3 Å². The molecule has 0 aromatic heterocycles. The zero-order chi connectivity index (χ0) is 14.3. The third kappa shape index (κ3) is 4.27. The van der Waals surface area contributed by atoms with E-state index < -0.39 is 6.10 Å². The summed E-state index contributed by atoms with van der Waals surface area (Å²) in [5.41, 5.74) is 1.73. The van der Waals surface area contributed by atoms with Crippen molar-refractivity contribution in [3.05, 3.63) is 23.3 Å². The van der Waals surface area contributed by atoms with Crippen molar-refractivity contribution in [1.82, 2.24) is 0 Å². The molecule has 0 spiro atoms. The van der Waals surface area contributed by atoms with Crippen LogP contribution in [0.1, 0.15) is 30.1 Å². The Morgan fingerprint density at radius 3 is 2.37 bits per heavy atom. The molecule has 2 N–H and O–H groups in total.